The number of esters is 2. The van der Waals surface area contributed by atoms with Crippen molar-refractivity contribution in [3.8, 4) is 22.3 Å². The van der Waals surface area contributed by atoms with Gasteiger partial charge in [-0.15, -0.1) is 0 Å². The minimum absolute atomic E-state index is 0.00393. The van der Waals surface area contributed by atoms with Crippen LogP contribution < -0.4 is 0 Å². The summed E-state index contributed by atoms with van der Waals surface area (Å²) in [4.78, 5) is 25.6. The van der Waals surface area contributed by atoms with Gasteiger partial charge in [0.2, 0.25) is 0 Å². The van der Waals surface area contributed by atoms with Crippen LogP contribution in [-0.2, 0) is 20.3 Å². The number of carbonyl (C=O) groups is 2. The zero-order valence-electron chi connectivity index (χ0n) is 21.4. The third-order valence-electron chi connectivity index (χ3n) is 6.09. The van der Waals surface area contributed by atoms with Crippen LogP contribution in [0.3, 0.4) is 0 Å². The van der Waals surface area contributed by atoms with Crippen LogP contribution >= 0.6 is 0 Å². The van der Waals surface area contributed by atoms with Crippen molar-refractivity contribution in [2.45, 2.75) is 52.4 Å². The number of carbonyl (C=O) groups excluding carboxylic acids is 2. The fourth-order valence-electron chi connectivity index (χ4n) is 3.93. The van der Waals surface area contributed by atoms with E-state index in [0.717, 1.165) is 11.1 Å². The normalized spacial score (nSPS) is 11.8. The highest BCUT2D eigenvalue weighted by atomic mass is 16.5. The lowest BCUT2D eigenvalue weighted by Crippen LogP contribution is -2.12. The number of rotatable bonds is 4. The molecule has 0 saturated heterocycles. The molecule has 3 aromatic carbocycles. The van der Waals surface area contributed by atoms with Gasteiger partial charge in [0.05, 0.1) is 25.3 Å². The van der Waals surface area contributed by atoms with Crippen molar-refractivity contribution in [1.82, 2.24) is 0 Å². The Morgan fingerprint density at radius 2 is 0.853 bits per heavy atom. The smallest absolute Gasteiger partial charge is 0.338 e. The number of hydrogen-bond donors (Lipinski definition) is 0. The molecule has 0 aliphatic rings. The van der Waals surface area contributed by atoms with Crippen LogP contribution in [0, 0.1) is 0 Å². The number of benzene rings is 3. The molecule has 0 atom stereocenters. The summed E-state index contributed by atoms with van der Waals surface area (Å²) in [5.41, 5.74) is 6.07. The maximum absolute atomic E-state index is 12.8. The van der Waals surface area contributed by atoms with Gasteiger partial charge in [-0.25, -0.2) is 9.59 Å². The number of methoxy groups -OCH3 is 2. The Balaban J connectivity index is 2.24. The lowest BCUT2D eigenvalue weighted by molar-refractivity contribution is 0.0588. The zero-order valence-corrected chi connectivity index (χ0v) is 21.4. The second-order valence-electron chi connectivity index (χ2n) is 10.6. The Morgan fingerprint density at radius 3 is 1.09 bits per heavy atom. The van der Waals surface area contributed by atoms with E-state index in [9.17, 15) is 9.59 Å². The molecule has 0 bridgehead atoms. The van der Waals surface area contributed by atoms with Gasteiger partial charge in [-0.2, -0.15) is 0 Å². The molecule has 0 saturated carbocycles. The van der Waals surface area contributed by atoms with Gasteiger partial charge >= 0.3 is 11.9 Å². The molecule has 0 fully saturated rings. The number of hydrogen-bond acceptors (Lipinski definition) is 4. The van der Waals surface area contributed by atoms with E-state index >= 15 is 0 Å². The van der Waals surface area contributed by atoms with Crippen LogP contribution in [0.5, 0.6) is 0 Å². The summed E-state index contributed by atoms with van der Waals surface area (Å²) in [6, 6.07) is 19.6. The van der Waals surface area contributed by atoms with Gasteiger partial charge in [-0.05, 0) is 56.3 Å². The SMILES string of the molecule is COC(=O)c1cc(-c2ccc(C(C)(C)C)cc2)c(C(=O)OC)cc1-c1ccc(C(C)(C)C)cc1. The molecule has 0 radical (unpaired) electrons. The molecule has 4 nitrogen and oxygen atoms in total. The summed E-state index contributed by atoms with van der Waals surface area (Å²) in [7, 11) is 2.72. The monoisotopic (exact) mass is 458 g/mol. The van der Waals surface area contributed by atoms with E-state index < -0.39 is 11.9 Å². The maximum atomic E-state index is 12.8. The van der Waals surface area contributed by atoms with Crippen molar-refractivity contribution in [2.24, 2.45) is 0 Å². The van der Waals surface area contributed by atoms with E-state index in [4.69, 9.17) is 9.47 Å². The summed E-state index contributed by atoms with van der Waals surface area (Å²) in [6.07, 6.45) is 0. The summed E-state index contributed by atoms with van der Waals surface area (Å²) in [6.45, 7) is 12.9. The predicted molar refractivity (Wildman–Crippen MR) is 137 cm³/mol. The number of ether oxygens (including phenoxy) is 2. The van der Waals surface area contributed by atoms with Crippen molar-refractivity contribution in [3.05, 3.63) is 82.9 Å². The van der Waals surface area contributed by atoms with Crippen LogP contribution in [-0.4, -0.2) is 26.2 Å². The fourth-order valence-corrected chi connectivity index (χ4v) is 3.93. The lowest BCUT2D eigenvalue weighted by atomic mass is 9.84. The second kappa shape index (κ2) is 9.46. The lowest BCUT2D eigenvalue weighted by Gasteiger charge is -2.21. The quantitative estimate of drug-likeness (QED) is 0.388. The molecular weight excluding hydrogens is 424 g/mol. The van der Waals surface area contributed by atoms with E-state index in [2.05, 4.69) is 41.5 Å². The summed E-state index contributed by atoms with van der Waals surface area (Å²) in [5, 5.41) is 0. The van der Waals surface area contributed by atoms with Gasteiger partial charge in [0.1, 0.15) is 0 Å². The van der Waals surface area contributed by atoms with Crippen molar-refractivity contribution >= 4 is 11.9 Å². The minimum Gasteiger partial charge on any atom is -0.465 e. The molecule has 0 aliphatic heterocycles. The first kappa shape index (κ1) is 25.2. The molecule has 0 spiro atoms. The highest BCUT2D eigenvalue weighted by Crippen LogP contribution is 2.35. The van der Waals surface area contributed by atoms with Crippen molar-refractivity contribution < 1.29 is 19.1 Å². The molecule has 0 heterocycles. The first-order valence-corrected chi connectivity index (χ1v) is 11.4. The van der Waals surface area contributed by atoms with Crippen LogP contribution in [0.2, 0.25) is 0 Å². The Labute approximate surface area is 202 Å². The van der Waals surface area contributed by atoms with Crippen LogP contribution in [0.15, 0.2) is 60.7 Å². The molecule has 0 amide bonds. The molecule has 34 heavy (non-hydrogen) atoms. The molecule has 3 aromatic rings. The van der Waals surface area contributed by atoms with Crippen LogP contribution in [0.25, 0.3) is 22.3 Å². The van der Waals surface area contributed by atoms with Gasteiger partial charge in [-0.3, -0.25) is 0 Å². The van der Waals surface area contributed by atoms with E-state index in [1.165, 1.54) is 25.3 Å². The molecule has 3 rings (SSSR count). The highest BCUT2D eigenvalue weighted by molar-refractivity contribution is 6.05. The Kier molecular flexibility index (Phi) is 7.02. The van der Waals surface area contributed by atoms with Crippen molar-refractivity contribution in [2.75, 3.05) is 14.2 Å². The molecule has 0 N–H and O–H groups in total. The second-order valence-corrected chi connectivity index (χ2v) is 10.6. The summed E-state index contributed by atoms with van der Waals surface area (Å²) >= 11 is 0. The molecule has 4 heteroatoms. The summed E-state index contributed by atoms with van der Waals surface area (Å²) < 4.78 is 10.2. The first-order chi connectivity index (χ1) is 15.9. The van der Waals surface area contributed by atoms with E-state index in [0.29, 0.717) is 22.3 Å². The Morgan fingerprint density at radius 1 is 0.559 bits per heavy atom. The van der Waals surface area contributed by atoms with Crippen LogP contribution in [0.4, 0.5) is 0 Å². The van der Waals surface area contributed by atoms with Gasteiger partial charge in [0.15, 0.2) is 0 Å². The molecular formula is C30H34O4. The third-order valence-corrected chi connectivity index (χ3v) is 6.09. The van der Waals surface area contributed by atoms with Crippen molar-refractivity contribution in [3.63, 3.8) is 0 Å². The zero-order chi connectivity index (χ0) is 25.3. The molecule has 178 valence electrons. The van der Waals surface area contributed by atoms with E-state index in [1.807, 2.05) is 48.5 Å². The highest BCUT2D eigenvalue weighted by Gasteiger charge is 2.23. The van der Waals surface area contributed by atoms with Gasteiger partial charge < -0.3 is 9.47 Å². The largest absolute Gasteiger partial charge is 0.465 e. The van der Waals surface area contributed by atoms with Crippen LogP contribution in [0.1, 0.15) is 73.4 Å². The molecule has 0 aliphatic carbocycles. The molecule has 0 unspecified atom stereocenters. The Hall–Kier alpha value is -3.40. The third kappa shape index (κ3) is 5.22. The van der Waals surface area contributed by atoms with Gasteiger partial charge in [-0.1, -0.05) is 90.1 Å². The standard InChI is InChI=1S/C30H34O4/c1-29(2,3)21-13-9-19(10-14-21)23-17-26(28(32)34-8)24(18-25(23)27(31)33-7)20-11-15-22(16-12-20)30(4,5)6/h9-18H,1-8H3. The first-order valence-electron chi connectivity index (χ1n) is 11.4. The topological polar surface area (TPSA) is 52.6 Å². The maximum Gasteiger partial charge on any atom is 0.338 e. The average Bonchev–Trinajstić information content (AvgIpc) is 2.81. The van der Waals surface area contributed by atoms with Gasteiger partial charge in [0, 0.05) is 0 Å². The average molecular weight is 459 g/mol. The van der Waals surface area contributed by atoms with E-state index in [1.54, 1.807) is 12.1 Å². The minimum atomic E-state index is -0.459. The molecule has 0 aromatic heterocycles. The van der Waals surface area contributed by atoms with Crippen molar-refractivity contribution in [1.29, 1.82) is 0 Å². The summed E-state index contributed by atoms with van der Waals surface area (Å²) in [5.74, 6) is -0.919. The fraction of sp³-hybridized carbons (Fsp3) is 0.333. The Bertz CT molecular complexity index is 1090. The predicted octanol–water partition coefficient (Wildman–Crippen LogP) is 7.19. The van der Waals surface area contributed by atoms with E-state index in [-0.39, 0.29) is 10.8 Å². The van der Waals surface area contributed by atoms with Gasteiger partial charge in [0.25, 0.3) is 0 Å².